The van der Waals surface area contributed by atoms with E-state index in [4.69, 9.17) is 0 Å². The molecule has 2 aliphatic rings. The molecule has 0 fully saturated rings. The van der Waals surface area contributed by atoms with Crippen molar-refractivity contribution in [1.29, 1.82) is 0 Å². The summed E-state index contributed by atoms with van der Waals surface area (Å²) >= 11 is 0. The lowest BCUT2D eigenvalue weighted by atomic mass is 9.96. The molecule has 0 aliphatic heterocycles. The molecule has 0 saturated carbocycles. The van der Waals surface area contributed by atoms with Gasteiger partial charge in [0.1, 0.15) is 0 Å². The minimum Gasteiger partial charge on any atom is -0.0688 e. The molecule has 0 nitrogen and oxygen atoms in total. The number of hydrogen-bond donors (Lipinski definition) is 0. The zero-order valence-electron chi connectivity index (χ0n) is 20.1. The second kappa shape index (κ2) is 7.88. The largest absolute Gasteiger partial charge is 0.0688 e. The van der Waals surface area contributed by atoms with Crippen LogP contribution in [0.2, 0.25) is 19.6 Å². The third kappa shape index (κ3) is 3.77. The molecule has 2 atom stereocenters. The van der Waals surface area contributed by atoms with Crippen molar-refractivity contribution in [2.24, 2.45) is 0 Å². The first-order valence-corrected chi connectivity index (χ1v) is 15.6. The van der Waals surface area contributed by atoms with Crippen molar-refractivity contribution >= 4 is 34.6 Å². The van der Waals surface area contributed by atoms with Crippen molar-refractivity contribution in [2.45, 2.75) is 72.6 Å². The van der Waals surface area contributed by atoms with Crippen LogP contribution >= 0.6 is 0 Å². The Bertz CT molecular complexity index is 1020. The lowest BCUT2D eigenvalue weighted by molar-refractivity contribution is 0.919. The summed E-state index contributed by atoms with van der Waals surface area (Å²) in [5, 5.41) is 1.55. The van der Waals surface area contributed by atoms with E-state index in [1.807, 2.05) is 0 Å². The van der Waals surface area contributed by atoms with Gasteiger partial charge in [0.15, 0.2) is 0 Å². The first-order chi connectivity index (χ1) is 13.5. The maximum Gasteiger partial charge on any atom is 0.0569 e. The smallest absolute Gasteiger partial charge is 0.0569 e. The second-order valence-corrected chi connectivity index (χ2v) is 16.6. The zero-order valence-corrected chi connectivity index (χ0v) is 23.1. The quantitative estimate of drug-likeness (QED) is 0.473. The van der Waals surface area contributed by atoms with Gasteiger partial charge in [0.2, 0.25) is 0 Å². The zero-order chi connectivity index (χ0) is 21.7. The molecule has 2 aliphatic carbocycles. The molecule has 0 spiro atoms. The molecule has 0 amide bonds. The van der Waals surface area contributed by atoms with Crippen LogP contribution in [0.4, 0.5) is 0 Å². The summed E-state index contributed by atoms with van der Waals surface area (Å²) in [4.78, 5) is 0. The second-order valence-electron chi connectivity index (χ2n) is 10.2. The molecule has 2 unspecified atom stereocenters. The lowest BCUT2D eigenvalue weighted by Crippen LogP contribution is -2.30. The van der Waals surface area contributed by atoms with E-state index in [-0.39, 0.29) is 0 Å². The van der Waals surface area contributed by atoms with Crippen LogP contribution in [0, 0.1) is 6.92 Å². The molecule has 2 aromatic carbocycles. The van der Waals surface area contributed by atoms with Gasteiger partial charge in [0, 0.05) is 21.7 Å². The van der Waals surface area contributed by atoms with Crippen LogP contribution < -0.4 is 5.19 Å². The van der Waals surface area contributed by atoms with Crippen molar-refractivity contribution in [3.63, 3.8) is 0 Å². The van der Waals surface area contributed by atoms with Gasteiger partial charge in [-0.25, -0.2) is 0 Å². The molecule has 0 saturated heterocycles. The van der Waals surface area contributed by atoms with Crippen molar-refractivity contribution in [2.75, 3.05) is 0 Å². The average molecular weight is 419 g/mol. The van der Waals surface area contributed by atoms with Crippen molar-refractivity contribution in [3.05, 3.63) is 75.4 Å². The highest BCUT2D eigenvalue weighted by Crippen LogP contribution is 2.46. The lowest BCUT2D eigenvalue weighted by Gasteiger charge is -2.27. The molecule has 0 heterocycles. The Morgan fingerprint density at radius 1 is 0.759 bits per heavy atom. The summed E-state index contributed by atoms with van der Waals surface area (Å²) in [5.41, 5.74) is 14.6. The maximum absolute atomic E-state index is 2.47. The molecule has 0 bridgehead atoms. The first-order valence-electron chi connectivity index (χ1n) is 11.0. The van der Waals surface area contributed by atoms with E-state index in [2.05, 4.69) is 97.6 Å². The minimum absolute atomic E-state index is 0.631. The Hall–Kier alpha value is -1.65. The monoisotopic (exact) mass is 418 g/mol. The molecular formula is C27H38Si2. The van der Waals surface area contributed by atoms with Crippen LogP contribution in [0.3, 0.4) is 0 Å². The van der Waals surface area contributed by atoms with E-state index in [9.17, 15) is 0 Å². The van der Waals surface area contributed by atoms with Gasteiger partial charge in [0.05, 0.1) is 8.07 Å². The molecule has 2 heteroatoms. The van der Waals surface area contributed by atoms with Crippen LogP contribution in [0.5, 0.6) is 0 Å². The van der Waals surface area contributed by atoms with Crippen molar-refractivity contribution < 1.29 is 0 Å². The van der Waals surface area contributed by atoms with E-state index in [0.29, 0.717) is 5.92 Å². The Labute approximate surface area is 182 Å². The topological polar surface area (TPSA) is 0 Å². The van der Waals surface area contributed by atoms with Gasteiger partial charge in [-0.2, -0.15) is 0 Å². The summed E-state index contributed by atoms with van der Waals surface area (Å²) in [5.74, 6) is 0.631. The van der Waals surface area contributed by atoms with Crippen LogP contribution in [0.15, 0.2) is 47.5 Å². The van der Waals surface area contributed by atoms with E-state index in [0.717, 1.165) is 15.8 Å². The van der Waals surface area contributed by atoms with E-state index >= 15 is 0 Å². The highest BCUT2D eigenvalue weighted by atomic mass is 28.3. The number of benzene rings is 2. The van der Waals surface area contributed by atoms with Crippen molar-refractivity contribution in [1.82, 2.24) is 0 Å². The van der Waals surface area contributed by atoms with Crippen LogP contribution in [-0.4, -0.2) is 18.3 Å². The number of fused-ring (bicyclic) bond motifs is 2. The molecule has 154 valence electrons. The fourth-order valence-electron chi connectivity index (χ4n) is 5.32. The van der Waals surface area contributed by atoms with Crippen LogP contribution in [-0.2, 0) is 0 Å². The molecule has 0 aromatic heterocycles. The van der Waals surface area contributed by atoms with Gasteiger partial charge in [-0.3, -0.25) is 0 Å². The molecule has 0 N–H and O–H groups in total. The Balaban J connectivity index is 0.000000166. The first kappa shape index (κ1) is 22.0. The maximum atomic E-state index is 2.47. The van der Waals surface area contributed by atoms with Gasteiger partial charge in [0.25, 0.3) is 0 Å². The molecular weight excluding hydrogens is 380 g/mol. The molecule has 4 rings (SSSR count). The predicted molar refractivity (Wildman–Crippen MR) is 138 cm³/mol. The fraction of sp³-hybridized carbons (Fsp3) is 0.407. The van der Waals surface area contributed by atoms with Gasteiger partial charge in [-0.05, 0) is 73.6 Å². The number of hydrogen-bond acceptors (Lipinski definition) is 0. The molecule has 0 radical (unpaired) electrons. The Kier molecular flexibility index (Phi) is 5.99. The summed E-state index contributed by atoms with van der Waals surface area (Å²) in [6, 6.07) is 13.6. The van der Waals surface area contributed by atoms with E-state index in [1.165, 1.54) is 27.8 Å². The Morgan fingerprint density at radius 2 is 1.38 bits per heavy atom. The summed E-state index contributed by atoms with van der Waals surface area (Å²) in [7, 11) is 0.0220. The van der Waals surface area contributed by atoms with Crippen molar-refractivity contribution in [3.8, 4) is 0 Å². The highest BCUT2D eigenvalue weighted by molar-refractivity contribution is 6.78. The summed E-state index contributed by atoms with van der Waals surface area (Å²) in [6.45, 7) is 21.1. The third-order valence-electron chi connectivity index (χ3n) is 7.42. The fourth-order valence-corrected chi connectivity index (χ4v) is 8.44. The van der Waals surface area contributed by atoms with E-state index in [1.54, 1.807) is 27.5 Å². The van der Waals surface area contributed by atoms with Gasteiger partial charge < -0.3 is 0 Å². The SMILES string of the molecule is CC1=C(C)C(C)c2ccc([SiH3])c(C)c21.CC1=C(C)C([Si](C)(C)C)c2ccccc21. The minimum atomic E-state index is -1.14. The van der Waals surface area contributed by atoms with Gasteiger partial charge in [-0.15, -0.1) is 0 Å². The predicted octanol–water partition coefficient (Wildman–Crippen LogP) is 6.35. The third-order valence-corrected chi connectivity index (χ3v) is 11.0. The molecule has 29 heavy (non-hydrogen) atoms. The van der Waals surface area contributed by atoms with E-state index < -0.39 is 8.07 Å². The normalized spacial score (nSPS) is 20.6. The van der Waals surface area contributed by atoms with Crippen LogP contribution in [0.25, 0.3) is 11.1 Å². The summed E-state index contributed by atoms with van der Waals surface area (Å²) < 4.78 is 0. The number of rotatable bonds is 1. The number of allylic oxidation sites excluding steroid dienone is 4. The standard InChI is InChI=1S/C14H20Si.C13H18Si/c1-10-11(2)14(15(3,4)5)13-9-7-6-8-12(10)13;1-7-8(2)11-5-6-12(14)10(4)13(11)9(7)3/h6-9,14H,1-5H3;5-6,8H,1-4,14H3. The van der Waals surface area contributed by atoms with Gasteiger partial charge in [-0.1, -0.05) is 79.3 Å². The highest BCUT2D eigenvalue weighted by Gasteiger charge is 2.35. The van der Waals surface area contributed by atoms with Crippen LogP contribution in [0.1, 0.15) is 73.9 Å². The average Bonchev–Trinajstić information content (AvgIpc) is 3.05. The molecule has 2 aromatic rings. The Morgan fingerprint density at radius 3 is 2.00 bits per heavy atom. The summed E-state index contributed by atoms with van der Waals surface area (Å²) in [6.07, 6.45) is 0. The van der Waals surface area contributed by atoms with Gasteiger partial charge >= 0.3 is 0 Å².